The second-order valence-electron chi connectivity index (χ2n) is 6.66. The Morgan fingerprint density at radius 3 is 2.21 bits per heavy atom. The molecule has 2 aromatic carbocycles. The van der Waals surface area contributed by atoms with Crippen molar-refractivity contribution in [2.24, 2.45) is 14.1 Å². The van der Waals surface area contributed by atoms with Crippen LogP contribution in [-0.4, -0.2) is 20.0 Å². The lowest BCUT2D eigenvalue weighted by atomic mass is 10.0. The Hall–Kier alpha value is -4.00. The molecule has 144 valence electrons. The number of carbonyl (C=O) groups excluding carboxylic acids is 1. The van der Waals surface area contributed by atoms with Crippen LogP contribution in [-0.2, 0) is 14.1 Å². The van der Waals surface area contributed by atoms with Gasteiger partial charge < -0.3 is 5.32 Å². The number of nitrogens with one attached hydrogen (secondary N) is 1. The van der Waals surface area contributed by atoms with Crippen molar-refractivity contribution in [1.29, 1.82) is 0 Å². The summed E-state index contributed by atoms with van der Waals surface area (Å²) in [6.45, 7) is 0. The number of nitrogens with zero attached hydrogens (tertiary/aromatic N) is 3. The Morgan fingerprint density at radius 1 is 0.862 bits per heavy atom. The van der Waals surface area contributed by atoms with E-state index in [1.54, 1.807) is 18.2 Å². The topological polar surface area (TPSA) is 86.0 Å². The number of amides is 1. The molecule has 0 aliphatic rings. The second-order valence-corrected chi connectivity index (χ2v) is 6.66. The van der Waals surface area contributed by atoms with E-state index in [9.17, 15) is 14.4 Å². The Morgan fingerprint density at radius 2 is 1.52 bits per heavy atom. The highest BCUT2D eigenvalue weighted by Crippen LogP contribution is 2.21. The number of rotatable bonds is 3. The lowest BCUT2D eigenvalue weighted by molar-refractivity contribution is 0.102. The second kappa shape index (κ2) is 7.20. The number of benzene rings is 2. The molecule has 7 heteroatoms. The smallest absolute Gasteiger partial charge is 0.321 e. The van der Waals surface area contributed by atoms with Gasteiger partial charge in [0.2, 0.25) is 0 Å². The summed E-state index contributed by atoms with van der Waals surface area (Å²) in [6, 6.07) is 18.6. The van der Waals surface area contributed by atoms with E-state index in [0.29, 0.717) is 11.3 Å². The monoisotopic (exact) mass is 386 g/mol. The Kier molecular flexibility index (Phi) is 4.56. The molecule has 2 aromatic heterocycles. The van der Waals surface area contributed by atoms with Gasteiger partial charge in [-0.1, -0.05) is 42.5 Å². The molecular formula is C22H18N4O3. The van der Waals surface area contributed by atoms with Gasteiger partial charge in [-0.05, 0) is 29.3 Å². The van der Waals surface area contributed by atoms with E-state index in [0.717, 1.165) is 15.7 Å². The molecule has 2 heterocycles. The predicted octanol–water partition coefficient (Wildman–Crippen LogP) is 2.55. The fourth-order valence-corrected chi connectivity index (χ4v) is 3.23. The van der Waals surface area contributed by atoms with Gasteiger partial charge in [0, 0.05) is 25.9 Å². The van der Waals surface area contributed by atoms with Crippen molar-refractivity contribution in [3.63, 3.8) is 0 Å². The van der Waals surface area contributed by atoms with Gasteiger partial charge in [0.25, 0.3) is 11.5 Å². The molecule has 0 unspecified atom stereocenters. The summed E-state index contributed by atoms with van der Waals surface area (Å²) < 4.78 is 2.27. The Labute approximate surface area is 165 Å². The van der Waals surface area contributed by atoms with E-state index < -0.39 is 11.2 Å². The quantitative estimate of drug-likeness (QED) is 0.586. The zero-order chi connectivity index (χ0) is 20.5. The predicted molar refractivity (Wildman–Crippen MR) is 112 cm³/mol. The van der Waals surface area contributed by atoms with Gasteiger partial charge >= 0.3 is 5.69 Å². The van der Waals surface area contributed by atoms with Crippen molar-refractivity contribution < 1.29 is 4.79 Å². The molecule has 7 nitrogen and oxygen atoms in total. The van der Waals surface area contributed by atoms with Crippen molar-refractivity contribution >= 4 is 22.6 Å². The molecule has 0 atom stereocenters. The first kappa shape index (κ1) is 18.4. The third kappa shape index (κ3) is 3.23. The summed E-state index contributed by atoms with van der Waals surface area (Å²) in [5.74, 6) is -0.354. The summed E-state index contributed by atoms with van der Waals surface area (Å²) >= 11 is 0. The maximum Gasteiger partial charge on any atom is 0.332 e. The molecule has 0 fully saturated rings. The van der Waals surface area contributed by atoms with Crippen LogP contribution in [0.5, 0.6) is 0 Å². The van der Waals surface area contributed by atoms with Crippen molar-refractivity contribution in [3.8, 4) is 11.1 Å². The minimum Gasteiger partial charge on any atom is -0.321 e. The van der Waals surface area contributed by atoms with E-state index in [4.69, 9.17) is 0 Å². The molecular weight excluding hydrogens is 368 g/mol. The number of anilines is 1. The summed E-state index contributed by atoms with van der Waals surface area (Å²) in [7, 11) is 2.93. The van der Waals surface area contributed by atoms with E-state index in [1.807, 2.05) is 42.5 Å². The number of aryl methyl sites for hydroxylation is 1. The summed E-state index contributed by atoms with van der Waals surface area (Å²) in [6.07, 6.45) is 1.45. The first-order chi connectivity index (χ1) is 14.0. The fourth-order valence-electron chi connectivity index (χ4n) is 3.23. The minimum atomic E-state index is -0.508. The summed E-state index contributed by atoms with van der Waals surface area (Å²) in [5.41, 5.74) is 2.06. The molecule has 0 aliphatic carbocycles. The van der Waals surface area contributed by atoms with Crippen molar-refractivity contribution in [2.75, 3.05) is 5.32 Å². The minimum absolute atomic E-state index is 0.186. The van der Waals surface area contributed by atoms with Crippen LogP contribution in [0.4, 0.5) is 5.69 Å². The molecule has 4 aromatic rings. The van der Waals surface area contributed by atoms with Gasteiger partial charge in [-0.2, -0.15) is 0 Å². The van der Waals surface area contributed by atoms with Crippen LogP contribution in [0.25, 0.3) is 22.2 Å². The van der Waals surface area contributed by atoms with Crippen LogP contribution in [0.1, 0.15) is 10.4 Å². The highest BCUT2D eigenvalue weighted by molar-refractivity contribution is 6.08. The maximum atomic E-state index is 12.7. The van der Waals surface area contributed by atoms with Crippen LogP contribution >= 0.6 is 0 Å². The molecule has 1 amide bonds. The lowest BCUT2D eigenvalue weighted by Gasteiger charge is -2.11. The average molecular weight is 386 g/mol. The SMILES string of the molecule is Cn1c(=O)c2c(NC(=O)c3ccc(-c4ccccc4)cc3)ccnc2n(C)c1=O. The highest BCUT2D eigenvalue weighted by Gasteiger charge is 2.15. The highest BCUT2D eigenvalue weighted by atomic mass is 16.2. The molecule has 1 N–H and O–H groups in total. The molecule has 0 saturated carbocycles. The van der Waals surface area contributed by atoms with Crippen LogP contribution in [0.2, 0.25) is 0 Å². The van der Waals surface area contributed by atoms with E-state index in [1.165, 1.54) is 24.9 Å². The van der Waals surface area contributed by atoms with E-state index in [2.05, 4.69) is 10.3 Å². The number of aromatic nitrogens is 3. The van der Waals surface area contributed by atoms with Gasteiger partial charge in [0.05, 0.1) is 5.69 Å². The molecule has 0 saturated heterocycles. The van der Waals surface area contributed by atoms with Crippen molar-refractivity contribution in [3.05, 3.63) is 93.3 Å². The third-order valence-corrected chi connectivity index (χ3v) is 4.84. The van der Waals surface area contributed by atoms with Crippen LogP contribution < -0.4 is 16.6 Å². The number of pyridine rings is 1. The number of hydrogen-bond donors (Lipinski definition) is 1. The zero-order valence-corrected chi connectivity index (χ0v) is 15.9. The van der Waals surface area contributed by atoms with Crippen molar-refractivity contribution in [1.82, 2.24) is 14.1 Å². The summed E-state index contributed by atoms with van der Waals surface area (Å²) in [5, 5.41) is 2.95. The molecule has 0 spiro atoms. The third-order valence-electron chi connectivity index (χ3n) is 4.84. The van der Waals surface area contributed by atoms with Gasteiger partial charge in [-0.25, -0.2) is 9.78 Å². The molecule has 0 radical (unpaired) electrons. The number of hydrogen-bond acceptors (Lipinski definition) is 4. The first-order valence-electron chi connectivity index (χ1n) is 8.99. The molecule has 0 bridgehead atoms. The molecule has 4 rings (SSSR count). The lowest BCUT2D eigenvalue weighted by Crippen LogP contribution is -2.37. The van der Waals surface area contributed by atoms with E-state index >= 15 is 0 Å². The van der Waals surface area contributed by atoms with Gasteiger partial charge in [-0.15, -0.1) is 0 Å². The molecule has 29 heavy (non-hydrogen) atoms. The standard InChI is InChI=1S/C22H18N4O3/c1-25-19-18(21(28)26(2)22(25)29)17(12-13-23-19)24-20(27)16-10-8-15(9-11-16)14-6-4-3-5-7-14/h3-13H,1-2H3,(H,23,24,27). The van der Waals surface area contributed by atoms with Gasteiger partial charge in [0.1, 0.15) is 5.39 Å². The maximum absolute atomic E-state index is 12.7. The number of carbonyl (C=O) groups is 1. The van der Waals surface area contributed by atoms with Crippen LogP contribution in [0.15, 0.2) is 76.4 Å². The fraction of sp³-hybridized carbons (Fsp3) is 0.0909. The average Bonchev–Trinajstić information content (AvgIpc) is 2.76. The summed E-state index contributed by atoms with van der Waals surface area (Å²) in [4.78, 5) is 41.6. The normalized spacial score (nSPS) is 10.8. The Bertz CT molecular complexity index is 1340. The zero-order valence-electron chi connectivity index (χ0n) is 15.9. The first-order valence-corrected chi connectivity index (χ1v) is 8.99. The van der Waals surface area contributed by atoms with Gasteiger partial charge in [-0.3, -0.25) is 18.7 Å². The van der Waals surface area contributed by atoms with E-state index in [-0.39, 0.29) is 16.9 Å². The largest absolute Gasteiger partial charge is 0.332 e. The van der Waals surface area contributed by atoms with Gasteiger partial charge in [0.15, 0.2) is 5.65 Å². The van der Waals surface area contributed by atoms with Crippen LogP contribution in [0, 0.1) is 0 Å². The Balaban J connectivity index is 1.70. The molecule has 0 aliphatic heterocycles. The van der Waals surface area contributed by atoms with Crippen LogP contribution in [0.3, 0.4) is 0 Å². The van der Waals surface area contributed by atoms with Crippen molar-refractivity contribution in [2.45, 2.75) is 0 Å². The number of fused-ring (bicyclic) bond motifs is 1.